The molecule has 0 bridgehead atoms. The van der Waals surface area contributed by atoms with Gasteiger partial charge in [-0.1, -0.05) is 18.5 Å². The monoisotopic (exact) mass is 241 g/mol. The van der Waals surface area contributed by atoms with Crippen LogP contribution in [0.15, 0.2) is 12.1 Å². The minimum absolute atomic E-state index is 0.237. The molecule has 0 aliphatic carbocycles. The van der Waals surface area contributed by atoms with E-state index in [0.29, 0.717) is 16.3 Å². The predicted octanol–water partition coefficient (Wildman–Crippen LogP) is 2.10. The van der Waals surface area contributed by atoms with Crippen molar-refractivity contribution in [3.05, 3.63) is 22.7 Å². The van der Waals surface area contributed by atoms with Gasteiger partial charge in [0.15, 0.2) is 0 Å². The lowest BCUT2D eigenvalue weighted by Crippen LogP contribution is -2.18. The van der Waals surface area contributed by atoms with E-state index in [0.717, 1.165) is 18.7 Å². The summed E-state index contributed by atoms with van der Waals surface area (Å²) >= 11 is 6.00. The van der Waals surface area contributed by atoms with Crippen molar-refractivity contribution < 1.29 is 4.79 Å². The number of amides is 1. The Bertz CT molecular complexity index is 393. The SMILES string of the molecule is CCCNc1cc(Cl)c(C(=O)NC)cc1N. The van der Waals surface area contributed by atoms with E-state index >= 15 is 0 Å². The second-order valence-electron chi connectivity index (χ2n) is 3.43. The zero-order chi connectivity index (χ0) is 12.1. The summed E-state index contributed by atoms with van der Waals surface area (Å²) in [6, 6.07) is 3.26. The van der Waals surface area contributed by atoms with Crippen molar-refractivity contribution in [3.63, 3.8) is 0 Å². The Kier molecular flexibility index (Phi) is 4.43. The Morgan fingerprint density at radius 1 is 1.50 bits per heavy atom. The number of nitrogen functional groups attached to an aromatic ring is 1. The molecule has 0 saturated heterocycles. The van der Waals surface area contributed by atoms with Gasteiger partial charge in [-0.15, -0.1) is 0 Å². The fourth-order valence-electron chi connectivity index (χ4n) is 1.31. The first-order chi connectivity index (χ1) is 7.60. The van der Waals surface area contributed by atoms with Crippen LogP contribution >= 0.6 is 11.6 Å². The van der Waals surface area contributed by atoms with Gasteiger partial charge in [-0.2, -0.15) is 0 Å². The largest absolute Gasteiger partial charge is 0.397 e. The van der Waals surface area contributed by atoms with E-state index in [1.807, 2.05) is 0 Å². The van der Waals surface area contributed by atoms with Gasteiger partial charge in [0.05, 0.1) is 22.0 Å². The van der Waals surface area contributed by atoms with Crippen LogP contribution in [0.5, 0.6) is 0 Å². The van der Waals surface area contributed by atoms with Crippen LogP contribution in [0.4, 0.5) is 11.4 Å². The molecule has 0 atom stereocenters. The number of rotatable bonds is 4. The third kappa shape index (κ3) is 2.79. The average molecular weight is 242 g/mol. The summed E-state index contributed by atoms with van der Waals surface area (Å²) in [4.78, 5) is 11.4. The highest BCUT2D eigenvalue weighted by atomic mass is 35.5. The third-order valence-electron chi connectivity index (χ3n) is 2.18. The Morgan fingerprint density at radius 3 is 2.75 bits per heavy atom. The number of carbonyl (C=O) groups excluding carboxylic acids is 1. The number of anilines is 2. The van der Waals surface area contributed by atoms with Crippen molar-refractivity contribution in [2.24, 2.45) is 0 Å². The number of hydrogen-bond donors (Lipinski definition) is 3. The van der Waals surface area contributed by atoms with Gasteiger partial charge in [0.25, 0.3) is 5.91 Å². The second kappa shape index (κ2) is 5.61. The quantitative estimate of drug-likeness (QED) is 0.708. The van der Waals surface area contributed by atoms with Gasteiger partial charge >= 0.3 is 0 Å². The second-order valence-corrected chi connectivity index (χ2v) is 3.83. The number of halogens is 1. The molecule has 4 N–H and O–H groups in total. The Hall–Kier alpha value is -1.42. The van der Waals surface area contributed by atoms with Gasteiger partial charge in [-0.25, -0.2) is 0 Å². The van der Waals surface area contributed by atoms with Gasteiger partial charge in [0.2, 0.25) is 0 Å². The fourth-order valence-corrected chi connectivity index (χ4v) is 1.56. The van der Waals surface area contributed by atoms with Gasteiger partial charge in [-0.3, -0.25) is 4.79 Å². The van der Waals surface area contributed by atoms with Crippen LogP contribution < -0.4 is 16.4 Å². The minimum atomic E-state index is -0.237. The molecule has 0 unspecified atom stereocenters. The number of nitrogens with two attached hydrogens (primary N) is 1. The molecule has 0 fully saturated rings. The number of carbonyl (C=O) groups is 1. The van der Waals surface area contributed by atoms with Gasteiger partial charge in [0, 0.05) is 13.6 Å². The molecular formula is C11H16ClN3O. The third-order valence-corrected chi connectivity index (χ3v) is 2.49. The normalized spacial score (nSPS) is 9.94. The summed E-state index contributed by atoms with van der Waals surface area (Å²) in [5.74, 6) is -0.237. The fraction of sp³-hybridized carbons (Fsp3) is 0.364. The molecule has 16 heavy (non-hydrogen) atoms. The summed E-state index contributed by atoms with van der Waals surface area (Å²) in [5, 5.41) is 6.05. The zero-order valence-electron chi connectivity index (χ0n) is 9.43. The Labute approximate surface area is 100 Å². The summed E-state index contributed by atoms with van der Waals surface area (Å²) < 4.78 is 0. The van der Waals surface area contributed by atoms with Crippen molar-refractivity contribution in [3.8, 4) is 0 Å². The maximum absolute atomic E-state index is 11.4. The highest BCUT2D eigenvalue weighted by molar-refractivity contribution is 6.34. The molecule has 0 aromatic heterocycles. The van der Waals surface area contributed by atoms with Crippen LogP contribution in [-0.2, 0) is 0 Å². The van der Waals surface area contributed by atoms with E-state index in [1.165, 1.54) is 0 Å². The molecule has 0 heterocycles. The molecule has 0 spiro atoms. The summed E-state index contributed by atoms with van der Waals surface area (Å²) in [5.41, 5.74) is 7.50. The van der Waals surface area contributed by atoms with E-state index in [-0.39, 0.29) is 5.91 Å². The van der Waals surface area contributed by atoms with Gasteiger partial charge in [-0.05, 0) is 18.6 Å². The van der Waals surface area contributed by atoms with Crippen LogP contribution in [0, 0.1) is 0 Å². The van der Waals surface area contributed by atoms with Crippen molar-refractivity contribution in [2.45, 2.75) is 13.3 Å². The molecular weight excluding hydrogens is 226 g/mol. The maximum atomic E-state index is 11.4. The van der Waals surface area contributed by atoms with Crippen LogP contribution in [-0.4, -0.2) is 19.5 Å². The van der Waals surface area contributed by atoms with Crippen LogP contribution in [0.3, 0.4) is 0 Å². The van der Waals surface area contributed by atoms with Crippen LogP contribution in [0.25, 0.3) is 0 Å². The van der Waals surface area contributed by atoms with E-state index in [4.69, 9.17) is 17.3 Å². The minimum Gasteiger partial charge on any atom is -0.397 e. The first-order valence-electron chi connectivity index (χ1n) is 5.15. The predicted molar refractivity (Wildman–Crippen MR) is 68.0 cm³/mol. The van der Waals surface area contributed by atoms with Gasteiger partial charge < -0.3 is 16.4 Å². The Balaban J connectivity index is 3.02. The molecule has 1 rings (SSSR count). The molecule has 88 valence electrons. The molecule has 0 aliphatic heterocycles. The lowest BCUT2D eigenvalue weighted by atomic mass is 10.1. The smallest absolute Gasteiger partial charge is 0.252 e. The number of hydrogen-bond acceptors (Lipinski definition) is 3. The summed E-state index contributed by atoms with van der Waals surface area (Å²) in [6.45, 7) is 2.88. The lowest BCUT2D eigenvalue weighted by Gasteiger charge is -2.11. The summed E-state index contributed by atoms with van der Waals surface area (Å²) in [6.07, 6.45) is 0.994. The average Bonchev–Trinajstić information content (AvgIpc) is 2.28. The first kappa shape index (κ1) is 12.6. The van der Waals surface area contributed by atoms with Crippen LogP contribution in [0.1, 0.15) is 23.7 Å². The van der Waals surface area contributed by atoms with Crippen molar-refractivity contribution in [1.82, 2.24) is 5.32 Å². The zero-order valence-corrected chi connectivity index (χ0v) is 10.2. The summed E-state index contributed by atoms with van der Waals surface area (Å²) in [7, 11) is 1.55. The van der Waals surface area contributed by atoms with E-state index in [9.17, 15) is 4.79 Å². The van der Waals surface area contributed by atoms with Crippen LogP contribution in [0.2, 0.25) is 5.02 Å². The van der Waals surface area contributed by atoms with E-state index in [1.54, 1.807) is 19.2 Å². The number of benzene rings is 1. The van der Waals surface area contributed by atoms with Crippen molar-refractivity contribution in [2.75, 3.05) is 24.6 Å². The molecule has 1 aromatic carbocycles. The highest BCUT2D eigenvalue weighted by Gasteiger charge is 2.11. The highest BCUT2D eigenvalue weighted by Crippen LogP contribution is 2.27. The molecule has 5 heteroatoms. The number of nitrogens with one attached hydrogen (secondary N) is 2. The van der Waals surface area contributed by atoms with Gasteiger partial charge in [0.1, 0.15) is 0 Å². The molecule has 0 radical (unpaired) electrons. The first-order valence-corrected chi connectivity index (χ1v) is 5.53. The molecule has 0 aliphatic rings. The molecule has 4 nitrogen and oxygen atoms in total. The topological polar surface area (TPSA) is 67.2 Å². The molecule has 1 aromatic rings. The molecule has 1 amide bonds. The van der Waals surface area contributed by atoms with Crippen molar-refractivity contribution in [1.29, 1.82) is 0 Å². The Morgan fingerprint density at radius 2 is 2.19 bits per heavy atom. The van der Waals surface area contributed by atoms with Crippen molar-refractivity contribution >= 4 is 28.9 Å². The molecule has 0 saturated carbocycles. The lowest BCUT2D eigenvalue weighted by molar-refractivity contribution is 0.0963. The standard InChI is InChI=1S/C11H16ClN3O/c1-3-4-15-10-6-8(12)7(5-9(10)13)11(16)14-2/h5-6,15H,3-4,13H2,1-2H3,(H,14,16). The van der Waals surface area contributed by atoms with E-state index in [2.05, 4.69) is 17.6 Å². The maximum Gasteiger partial charge on any atom is 0.252 e. The van der Waals surface area contributed by atoms with E-state index < -0.39 is 0 Å².